The number of ether oxygens (including phenoxy) is 1. The lowest BCUT2D eigenvalue weighted by molar-refractivity contribution is -0.141. The smallest absolute Gasteiger partial charge is 0.247 e. The molecule has 132 valence electrons. The number of carbonyl (C=O) groups excluding carboxylic acids is 2. The Morgan fingerprint density at radius 3 is 2.88 bits per heavy atom. The SMILES string of the molecule is CC(OCc1ccccc1)C(NC=O)C(=O)N1CCCC(CO)C1. The Balaban J connectivity index is 1.96. The summed E-state index contributed by atoms with van der Waals surface area (Å²) in [6.45, 7) is 3.42. The van der Waals surface area contributed by atoms with Gasteiger partial charge in [0.1, 0.15) is 6.04 Å². The molecule has 0 aliphatic carbocycles. The van der Waals surface area contributed by atoms with Gasteiger partial charge in [-0.2, -0.15) is 0 Å². The average Bonchev–Trinajstić information content (AvgIpc) is 2.64. The molecule has 1 fully saturated rings. The van der Waals surface area contributed by atoms with Crippen molar-refractivity contribution in [3.8, 4) is 0 Å². The Kier molecular flexibility index (Phi) is 7.21. The number of hydrogen-bond acceptors (Lipinski definition) is 4. The maximum atomic E-state index is 12.7. The Morgan fingerprint density at radius 1 is 1.46 bits per heavy atom. The topological polar surface area (TPSA) is 78.9 Å². The van der Waals surface area contributed by atoms with Crippen LogP contribution in [-0.4, -0.2) is 54.2 Å². The number of nitrogens with zero attached hydrogens (tertiary/aromatic N) is 1. The molecular weight excluding hydrogens is 308 g/mol. The molecule has 1 aromatic rings. The van der Waals surface area contributed by atoms with Gasteiger partial charge in [0.05, 0.1) is 12.7 Å². The van der Waals surface area contributed by atoms with Gasteiger partial charge in [-0.3, -0.25) is 9.59 Å². The number of carbonyl (C=O) groups is 2. The molecule has 1 aromatic carbocycles. The number of aliphatic hydroxyl groups excluding tert-OH is 1. The van der Waals surface area contributed by atoms with E-state index in [1.165, 1.54) is 0 Å². The average molecular weight is 334 g/mol. The fourth-order valence-electron chi connectivity index (χ4n) is 2.99. The number of likely N-dealkylation sites (tertiary alicyclic amines) is 1. The summed E-state index contributed by atoms with van der Waals surface area (Å²) in [6, 6.07) is 8.97. The van der Waals surface area contributed by atoms with Gasteiger partial charge < -0.3 is 20.1 Å². The molecule has 0 radical (unpaired) electrons. The molecule has 6 nitrogen and oxygen atoms in total. The van der Waals surface area contributed by atoms with Crippen molar-refractivity contribution in [2.75, 3.05) is 19.7 Å². The van der Waals surface area contributed by atoms with E-state index >= 15 is 0 Å². The van der Waals surface area contributed by atoms with Crippen molar-refractivity contribution in [1.29, 1.82) is 0 Å². The molecule has 0 saturated carbocycles. The van der Waals surface area contributed by atoms with Gasteiger partial charge in [-0.1, -0.05) is 30.3 Å². The van der Waals surface area contributed by atoms with Gasteiger partial charge in [-0.05, 0) is 31.2 Å². The quantitative estimate of drug-likeness (QED) is 0.694. The highest BCUT2D eigenvalue weighted by Crippen LogP contribution is 2.18. The molecular formula is C18H26N2O4. The second-order valence-corrected chi connectivity index (χ2v) is 6.24. The van der Waals surface area contributed by atoms with E-state index in [1.54, 1.807) is 11.8 Å². The van der Waals surface area contributed by atoms with Crippen LogP contribution in [0.3, 0.4) is 0 Å². The molecule has 0 bridgehead atoms. The Labute approximate surface area is 142 Å². The molecule has 1 heterocycles. The van der Waals surface area contributed by atoms with Crippen LogP contribution in [0.5, 0.6) is 0 Å². The summed E-state index contributed by atoms with van der Waals surface area (Å²) < 4.78 is 5.79. The van der Waals surface area contributed by atoms with Crippen LogP contribution < -0.4 is 5.32 Å². The molecule has 2 rings (SSSR count). The highest BCUT2D eigenvalue weighted by atomic mass is 16.5. The minimum absolute atomic E-state index is 0.0790. The molecule has 1 saturated heterocycles. The summed E-state index contributed by atoms with van der Waals surface area (Å²) in [5.74, 6) is -0.0408. The third kappa shape index (κ3) is 5.04. The zero-order valence-electron chi connectivity index (χ0n) is 14.1. The van der Waals surface area contributed by atoms with Crippen molar-refractivity contribution >= 4 is 12.3 Å². The minimum Gasteiger partial charge on any atom is -0.396 e. The normalized spacial score (nSPS) is 20.2. The summed E-state index contributed by atoms with van der Waals surface area (Å²) in [5.41, 5.74) is 1.01. The van der Waals surface area contributed by atoms with Crippen LogP contribution in [0.15, 0.2) is 30.3 Å². The minimum atomic E-state index is -0.719. The molecule has 2 N–H and O–H groups in total. The number of rotatable bonds is 8. The van der Waals surface area contributed by atoms with Gasteiger partial charge in [-0.15, -0.1) is 0 Å². The zero-order valence-corrected chi connectivity index (χ0v) is 14.1. The summed E-state index contributed by atoms with van der Waals surface area (Å²) >= 11 is 0. The predicted molar refractivity (Wildman–Crippen MR) is 90.1 cm³/mol. The number of aliphatic hydroxyl groups is 1. The number of hydrogen-bond donors (Lipinski definition) is 2. The van der Waals surface area contributed by atoms with Crippen molar-refractivity contribution < 1.29 is 19.4 Å². The first kappa shape index (κ1) is 18.4. The van der Waals surface area contributed by atoms with Gasteiger partial charge in [0.25, 0.3) is 0 Å². The first-order valence-corrected chi connectivity index (χ1v) is 8.40. The molecule has 0 spiro atoms. The molecule has 0 aromatic heterocycles. The highest BCUT2D eigenvalue weighted by molar-refractivity contribution is 5.84. The molecule has 3 atom stereocenters. The van der Waals surface area contributed by atoms with Crippen molar-refractivity contribution in [2.45, 2.75) is 38.5 Å². The van der Waals surface area contributed by atoms with Crippen molar-refractivity contribution in [2.24, 2.45) is 5.92 Å². The third-order valence-electron chi connectivity index (χ3n) is 4.43. The lowest BCUT2D eigenvalue weighted by atomic mass is 9.98. The van der Waals surface area contributed by atoms with Gasteiger partial charge >= 0.3 is 0 Å². The molecule has 1 aliphatic rings. The van der Waals surface area contributed by atoms with Crippen LogP contribution in [0.25, 0.3) is 0 Å². The molecule has 3 unspecified atom stereocenters. The second kappa shape index (κ2) is 9.39. The van der Waals surface area contributed by atoms with Crippen LogP contribution in [-0.2, 0) is 20.9 Å². The standard InChI is InChI=1S/C18H26N2O4/c1-14(24-12-15-6-3-2-4-7-15)17(19-13-22)18(23)20-9-5-8-16(10-20)11-21/h2-4,6-7,13-14,16-17,21H,5,8-12H2,1H3,(H,19,22). The number of benzene rings is 1. The summed E-state index contributed by atoms with van der Waals surface area (Å²) in [7, 11) is 0. The number of amides is 2. The van der Waals surface area contributed by atoms with Crippen LogP contribution in [0.4, 0.5) is 0 Å². The second-order valence-electron chi connectivity index (χ2n) is 6.24. The number of nitrogens with one attached hydrogen (secondary N) is 1. The van der Waals surface area contributed by atoms with Crippen LogP contribution in [0.1, 0.15) is 25.3 Å². The first-order valence-electron chi connectivity index (χ1n) is 8.40. The maximum Gasteiger partial charge on any atom is 0.247 e. The molecule has 2 amide bonds. The molecule has 1 aliphatic heterocycles. The fraction of sp³-hybridized carbons (Fsp3) is 0.556. The van der Waals surface area contributed by atoms with Crippen LogP contribution >= 0.6 is 0 Å². The first-order chi connectivity index (χ1) is 11.7. The van der Waals surface area contributed by atoms with Gasteiger partial charge in [0.15, 0.2) is 0 Å². The van der Waals surface area contributed by atoms with Crippen LogP contribution in [0.2, 0.25) is 0 Å². The third-order valence-corrected chi connectivity index (χ3v) is 4.43. The van der Waals surface area contributed by atoms with E-state index in [-0.39, 0.29) is 18.4 Å². The number of piperidine rings is 1. The lowest BCUT2D eigenvalue weighted by Crippen LogP contribution is -2.54. The molecule has 24 heavy (non-hydrogen) atoms. The van der Waals surface area contributed by atoms with Crippen molar-refractivity contribution in [3.63, 3.8) is 0 Å². The highest BCUT2D eigenvalue weighted by Gasteiger charge is 2.32. The van der Waals surface area contributed by atoms with Crippen molar-refractivity contribution in [3.05, 3.63) is 35.9 Å². The van der Waals surface area contributed by atoms with E-state index in [1.807, 2.05) is 30.3 Å². The van der Waals surface area contributed by atoms with E-state index < -0.39 is 12.1 Å². The van der Waals surface area contributed by atoms with E-state index in [2.05, 4.69) is 5.32 Å². The molecule has 6 heteroatoms. The summed E-state index contributed by atoms with van der Waals surface area (Å²) in [5, 5.41) is 11.9. The summed E-state index contributed by atoms with van der Waals surface area (Å²) in [4.78, 5) is 25.4. The summed E-state index contributed by atoms with van der Waals surface area (Å²) in [6.07, 6.45) is 1.88. The van der Waals surface area contributed by atoms with E-state index in [4.69, 9.17) is 4.74 Å². The maximum absolute atomic E-state index is 12.7. The Bertz CT molecular complexity index is 523. The largest absolute Gasteiger partial charge is 0.396 e. The van der Waals surface area contributed by atoms with E-state index in [0.717, 1.165) is 18.4 Å². The van der Waals surface area contributed by atoms with E-state index in [9.17, 15) is 14.7 Å². The Hall–Kier alpha value is -1.92. The fourth-order valence-corrected chi connectivity index (χ4v) is 2.99. The van der Waals surface area contributed by atoms with Crippen molar-refractivity contribution in [1.82, 2.24) is 10.2 Å². The monoisotopic (exact) mass is 334 g/mol. The predicted octanol–water partition coefficient (Wildman–Crippen LogP) is 0.937. The lowest BCUT2D eigenvalue weighted by Gasteiger charge is -2.35. The van der Waals surface area contributed by atoms with Gasteiger partial charge in [0, 0.05) is 19.7 Å². The van der Waals surface area contributed by atoms with E-state index in [0.29, 0.717) is 26.1 Å². The van der Waals surface area contributed by atoms with Crippen LogP contribution in [0, 0.1) is 5.92 Å². The van der Waals surface area contributed by atoms with Gasteiger partial charge in [-0.25, -0.2) is 0 Å². The van der Waals surface area contributed by atoms with Gasteiger partial charge in [0.2, 0.25) is 12.3 Å². The Morgan fingerprint density at radius 2 is 2.21 bits per heavy atom. The zero-order chi connectivity index (χ0) is 17.4.